The van der Waals surface area contributed by atoms with Crippen LogP contribution in [-0.4, -0.2) is 14.5 Å². The molecule has 0 aliphatic carbocycles. The number of pyridine rings is 1. The first-order valence-corrected chi connectivity index (χ1v) is 6.98. The second-order valence-electron chi connectivity index (χ2n) is 3.97. The fourth-order valence-electron chi connectivity index (χ4n) is 1.65. The molecule has 100 valence electrons. The number of nitrogens with two attached hydrogens (primary N) is 1. The van der Waals surface area contributed by atoms with Crippen LogP contribution in [0, 0.1) is 5.82 Å². The second-order valence-corrected chi connectivity index (χ2v) is 5.51. The van der Waals surface area contributed by atoms with E-state index in [2.05, 4.69) is 0 Å². The van der Waals surface area contributed by atoms with Crippen LogP contribution >= 0.6 is 0 Å². The van der Waals surface area contributed by atoms with Crippen molar-refractivity contribution < 1.29 is 8.60 Å². The number of aromatic nitrogens is 1. The van der Waals surface area contributed by atoms with Crippen LogP contribution in [0.15, 0.2) is 52.3 Å². The minimum absolute atomic E-state index is 0.152. The van der Waals surface area contributed by atoms with Crippen LogP contribution in [0.25, 0.3) is 0 Å². The van der Waals surface area contributed by atoms with Gasteiger partial charge in [-0.1, -0.05) is 12.1 Å². The van der Waals surface area contributed by atoms with Gasteiger partial charge in [0, 0.05) is 30.2 Å². The summed E-state index contributed by atoms with van der Waals surface area (Å²) in [7, 11) is -1.49. The average Bonchev–Trinajstić information content (AvgIpc) is 2.40. The summed E-state index contributed by atoms with van der Waals surface area (Å²) in [5.74, 6) is -0.342. The zero-order valence-electron chi connectivity index (χ0n) is 10.1. The molecule has 0 bridgehead atoms. The molecule has 0 aliphatic heterocycles. The molecule has 1 aromatic heterocycles. The van der Waals surface area contributed by atoms with E-state index >= 15 is 0 Å². The molecule has 2 aromatic rings. The van der Waals surface area contributed by atoms with Gasteiger partial charge in [0.15, 0.2) is 0 Å². The van der Waals surface area contributed by atoms with Crippen LogP contribution in [0.5, 0.6) is 0 Å². The standard InChI is InChI=1S/C13H13FN2O2S/c14-11-3-1-2-4-12(11)19(18)8-7-16-9-10(15)5-6-13(16)17/h1-6,9H,7-8,15H2. The fraction of sp³-hybridized carbons (Fsp3) is 0.154. The molecule has 4 nitrogen and oxygen atoms in total. The van der Waals surface area contributed by atoms with Crippen molar-refractivity contribution >= 4 is 16.5 Å². The van der Waals surface area contributed by atoms with E-state index in [0.29, 0.717) is 5.69 Å². The smallest absolute Gasteiger partial charge is 0.250 e. The molecule has 1 heterocycles. The van der Waals surface area contributed by atoms with Crippen LogP contribution in [0.3, 0.4) is 0 Å². The van der Waals surface area contributed by atoms with Gasteiger partial charge in [0.1, 0.15) is 5.82 Å². The Morgan fingerprint density at radius 3 is 2.68 bits per heavy atom. The van der Waals surface area contributed by atoms with Gasteiger partial charge in [0.05, 0.1) is 15.7 Å². The van der Waals surface area contributed by atoms with Crippen LogP contribution in [0.1, 0.15) is 0 Å². The Morgan fingerprint density at radius 2 is 1.95 bits per heavy atom. The van der Waals surface area contributed by atoms with Gasteiger partial charge >= 0.3 is 0 Å². The minimum atomic E-state index is -1.49. The van der Waals surface area contributed by atoms with E-state index in [0.717, 1.165) is 0 Å². The second kappa shape index (κ2) is 5.79. The molecule has 1 atom stereocenters. The molecule has 0 aliphatic rings. The largest absolute Gasteiger partial charge is 0.398 e. The number of anilines is 1. The van der Waals surface area contributed by atoms with Gasteiger partial charge in [-0.25, -0.2) is 4.39 Å². The van der Waals surface area contributed by atoms with E-state index in [-0.39, 0.29) is 22.8 Å². The average molecular weight is 280 g/mol. The van der Waals surface area contributed by atoms with Crippen LogP contribution in [0.2, 0.25) is 0 Å². The van der Waals surface area contributed by atoms with Gasteiger partial charge < -0.3 is 10.3 Å². The summed E-state index contributed by atoms with van der Waals surface area (Å²) in [4.78, 5) is 11.7. The Hall–Kier alpha value is -1.95. The monoisotopic (exact) mass is 280 g/mol. The van der Waals surface area contributed by atoms with Gasteiger partial charge in [-0.15, -0.1) is 0 Å². The molecule has 19 heavy (non-hydrogen) atoms. The zero-order valence-corrected chi connectivity index (χ0v) is 10.9. The van der Waals surface area contributed by atoms with Crippen molar-refractivity contribution in [3.63, 3.8) is 0 Å². The summed E-state index contributed by atoms with van der Waals surface area (Å²) >= 11 is 0. The van der Waals surface area contributed by atoms with E-state index in [4.69, 9.17) is 5.73 Å². The Bertz CT molecular complexity index is 670. The molecule has 0 saturated heterocycles. The Morgan fingerprint density at radius 1 is 1.21 bits per heavy atom. The summed E-state index contributed by atoms with van der Waals surface area (Å²) in [6.45, 7) is 0.227. The van der Waals surface area contributed by atoms with Crippen molar-refractivity contribution in [3.05, 3.63) is 58.8 Å². The van der Waals surface area contributed by atoms with E-state index in [9.17, 15) is 13.4 Å². The fourth-order valence-corrected chi connectivity index (χ4v) is 2.74. The SMILES string of the molecule is Nc1ccc(=O)n(CCS(=O)c2ccccc2F)c1. The maximum absolute atomic E-state index is 13.4. The predicted molar refractivity (Wildman–Crippen MR) is 72.8 cm³/mol. The quantitative estimate of drug-likeness (QED) is 0.920. The highest BCUT2D eigenvalue weighted by atomic mass is 32.2. The zero-order chi connectivity index (χ0) is 13.8. The van der Waals surface area contributed by atoms with Crippen LogP contribution in [0.4, 0.5) is 10.1 Å². The van der Waals surface area contributed by atoms with Crippen LogP contribution < -0.4 is 11.3 Å². The van der Waals surface area contributed by atoms with Crippen molar-refractivity contribution in [3.8, 4) is 0 Å². The highest BCUT2D eigenvalue weighted by molar-refractivity contribution is 7.85. The van der Waals surface area contributed by atoms with Crippen LogP contribution in [-0.2, 0) is 17.3 Å². The molecule has 1 aromatic carbocycles. The molecule has 0 spiro atoms. The maximum atomic E-state index is 13.4. The van der Waals surface area contributed by atoms with Crippen molar-refractivity contribution in [2.24, 2.45) is 0 Å². The summed E-state index contributed by atoms with van der Waals surface area (Å²) in [6.07, 6.45) is 1.49. The molecule has 0 radical (unpaired) electrons. The number of nitrogens with zero attached hydrogens (tertiary/aromatic N) is 1. The molecular weight excluding hydrogens is 267 g/mol. The van der Waals surface area contributed by atoms with E-state index in [1.807, 2.05) is 0 Å². The van der Waals surface area contributed by atoms with Crippen molar-refractivity contribution in [1.82, 2.24) is 4.57 Å². The third kappa shape index (κ3) is 3.29. The van der Waals surface area contributed by atoms with E-state index in [1.165, 1.54) is 35.0 Å². The molecular formula is C13H13FN2O2S. The normalized spacial score (nSPS) is 12.3. The first-order valence-electron chi connectivity index (χ1n) is 5.67. The summed E-state index contributed by atoms with van der Waals surface area (Å²) in [6, 6.07) is 8.77. The van der Waals surface area contributed by atoms with Gasteiger partial charge in [0.25, 0.3) is 5.56 Å². The highest BCUT2D eigenvalue weighted by Gasteiger charge is 2.09. The number of benzene rings is 1. The Balaban J connectivity index is 2.11. The van der Waals surface area contributed by atoms with Gasteiger partial charge in [-0.3, -0.25) is 9.00 Å². The number of halogens is 1. The lowest BCUT2D eigenvalue weighted by Gasteiger charge is -2.07. The molecule has 0 amide bonds. The molecule has 0 fully saturated rings. The third-order valence-corrected chi connectivity index (χ3v) is 3.98. The molecule has 6 heteroatoms. The lowest BCUT2D eigenvalue weighted by atomic mass is 10.3. The highest BCUT2D eigenvalue weighted by Crippen LogP contribution is 2.11. The minimum Gasteiger partial charge on any atom is -0.398 e. The number of nitrogen functional groups attached to an aromatic ring is 1. The lowest BCUT2D eigenvalue weighted by Crippen LogP contribution is -2.22. The molecule has 1 unspecified atom stereocenters. The first-order chi connectivity index (χ1) is 9.08. The third-order valence-electron chi connectivity index (χ3n) is 2.61. The number of hydrogen-bond acceptors (Lipinski definition) is 3. The first kappa shape index (κ1) is 13.5. The number of hydrogen-bond donors (Lipinski definition) is 1. The maximum Gasteiger partial charge on any atom is 0.250 e. The molecule has 0 saturated carbocycles. The van der Waals surface area contributed by atoms with Gasteiger partial charge in [-0.05, 0) is 18.2 Å². The van der Waals surface area contributed by atoms with Gasteiger partial charge in [0.2, 0.25) is 0 Å². The number of rotatable bonds is 4. The predicted octanol–water partition coefficient (Wildman–Crippen LogP) is 1.38. The van der Waals surface area contributed by atoms with E-state index in [1.54, 1.807) is 12.1 Å². The van der Waals surface area contributed by atoms with Crippen molar-refractivity contribution in [2.75, 3.05) is 11.5 Å². The molecule has 2 N–H and O–H groups in total. The Labute approximate surface area is 112 Å². The lowest BCUT2D eigenvalue weighted by molar-refractivity contribution is 0.594. The van der Waals surface area contributed by atoms with Gasteiger partial charge in [-0.2, -0.15) is 0 Å². The Kier molecular flexibility index (Phi) is 4.11. The van der Waals surface area contributed by atoms with Crippen molar-refractivity contribution in [1.29, 1.82) is 0 Å². The topological polar surface area (TPSA) is 65.1 Å². The molecule has 2 rings (SSSR count). The summed E-state index contributed by atoms with van der Waals surface area (Å²) in [5, 5.41) is 0. The van der Waals surface area contributed by atoms with E-state index < -0.39 is 16.6 Å². The summed E-state index contributed by atoms with van der Waals surface area (Å²) < 4.78 is 26.8. The number of aryl methyl sites for hydroxylation is 1. The van der Waals surface area contributed by atoms with Crippen molar-refractivity contribution in [2.45, 2.75) is 11.4 Å². The summed E-state index contributed by atoms with van der Waals surface area (Å²) in [5.41, 5.74) is 5.81.